The zero-order chi connectivity index (χ0) is 15.6. The first-order valence-electron chi connectivity index (χ1n) is 5.49. The molecule has 0 saturated heterocycles. The number of carbonyl (C=O) groups excluding carboxylic acids is 1. The summed E-state index contributed by atoms with van der Waals surface area (Å²) in [4.78, 5) is 22.1. The Bertz CT molecular complexity index is 733. The number of rotatable bonds is 3. The van der Waals surface area contributed by atoms with Gasteiger partial charge >= 0.3 is 5.97 Å². The fourth-order valence-corrected chi connectivity index (χ4v) is 2.13. The maximum absolute atomic E-state index is 12.0. The van der Waals surface area contributed by atoms with Crippen LogP contribution in [0.1, 0.15) is 10.4 Å². The summed E-state index contributed by atoms with van der Waals surface area (Å²) in [5.41, 5.74) is -0.398. The third-order valence-corrected chi connectivity index (χ3v) is 3.33. The summed E-state index contributed by atoms with van der Waals surface area (Å²) in [5.74, 6) is -0.692. The quantitative estimate of drug-likeness (QED) is 0.347. The number of nitro benzene ring substituents is 1. The van der Waals surface area contributed by atoms with E-state index in [1.165, 1.54) is 30.3 Å². The summed E-state index contributed by atoms with van der Waals surface area (Å²) in [6, 6.07) is 7.94. The number of hydrogen-bond donors (Lipinski definition) is 0. The molecule has 0 unspecified atom stereocenters. The standard InChI is InChI=1S/C13H6Cl3NO4/c14-8-2-4-12(10(16)6-8)21-13(18)7-1-3-9(15)11(5-7)17(19)20/h1-6H. The van der Waals surface area contributed by atoms with E-state index in [0.29, 0.717) is 5.02 Å². The Balaban J connectivity index is 2.28. The summed E-state index contributed by atoms with van der Waals surface area (Å²) in [5, 5.41) is 11.3. The van der Waals surface area contributed by atoms with Gasteiger partial charge in [-0.05, 0) is 30.3 Å². The first kappa shape index (κ1) is 15.6. The monoisotopic (exact) mass is 345 g/mol. The number of ether oxygens (including phenoxy) is 1. The van der Waals surface area contributed by atoms with Crippen LogP contribution >= 0.6 is 34.8 Å². The van der Waals surface area contributed by atoms with Crippen LogP contribution in [-0.4, -0.2) is 10.9 Å². The van der Waals surface area contributed by atoms with Crippen LogP contribution in [0.5, 0.6) is 5.75 Å². The SMILES string of the molecule is O=C(Oc1ccc(Cl)cc1Cl)c1ccc(Cl)c([N+](=O)[O-])c1. The molecule has 2 rings (SSSR count). The molecule has 108 valence electrons. The number of halogens is 3. The molecular weight excluding hydrogens is 341 g/mol. The maximum Gasteiger partial charge on any atom is 0.343 e. The molecule has 0 heterocycles. The van der Waals surface area contributed by atoms with Crippen molar-refractivity contribution in [1.82, 2.24) is 0 Å². The summed E-state index contributed by atoms with van der Waals surface area (Å²) in [6.45, 7) is 0. The average Bonchev–Trinajstić information content (AvgIpc) is 2.42. The Kier molecular flexibility index (Phi) is 4.67. The van der Waals surface area contributed by atoms with Crippen LogP contribution in [0.25, 0.3) is 0 Å². The lowest BCUT2D eigenvalue weighted by atomic mass is 10.2. The van der Waals surface area contributed by atoms with Gasteiger partial charge in [0.05, 0.1) is 15.5 Å². The third kappa shape index (κ3) is 3.64. The highest BCUT2D eigenvalue weighted by Gasteiger charge is 2.18. The number of carbonyl (C=O) groups is 1. The molecule has 0 fully saturated rings. The maximum atomic E-state index is 12.0. The zero-order valence-corrected chi connectivity index (χ0v) is 12.4. The van der Waals surface area contributed by atoms with Crippen molar-refractivity contribution in [3.8, 4) is 5.75 Å². The first-order valence-corrected chi connectivity index (χ1v) is 6.63. The van der Waals surface area contributed by atoms with Crippen LogP contribution in [0.15, 0.2) is 36.4 Å². The fraction of sp³-hybridized carbons (Fsp3) is 0. The van der Waals surface area contributed by atoms with Gasteiger partial charge in [-0.1, -0.05) is 34.8 Å². The van der Waals surface area contributed by atoms with E-state index in [1.54, 1.807) is 0 Å². The van der Waals surface area contributed by atoms with Crippen molar-refractivity contribution in [2.45, 2.75) is 0 Å². The Morgan fingerprint density at radius 1 is 1.05 bits per heavy atom. The molecule has 0 bridgehead atoms. The smallest absolute Gasteiger partial charge is 0.343 e. The second-order valence-electron chi connectivity index (χ2n) is 3.89. The highest BCUT2D eigenvalue weighted by Crippen LogP contribution is 2.29. The van der Waals surface area contributed by atoms with Gasteiger partial charge in [0.25, 0.3) is 5.69 Å². The normalized spacial score (nSPS) is 10.2. The second-order valence-corrected chi connectivity index (χ2v) is 5.14. The summed E-state index contributed by atoms with van der Waals surface area (Å²) < 4.78 is 5.07. The molecule has 0 radical (unpaired) electrons. The van der Waals surface area contributed by atoms with E-state index in [9.17, 15) is 14.9 Å². The second kappa shape index (κ2) is 6.30. The van der Waals surface area contributed by atoms with Crippen molar-refractivity contribution in [3.05, 3.63) is 67.1 Å². The molecule has 0 saturated carbocycles. The summed E-state index contributed by atoms with van der Waals surface area (Å²) in [6.07, 6.45) is 0. The molecule has 2 aromatic rings. The van der Waals surface area contributed by atoms with Crippen molar-refractivity contribution < 1.29 is 14.5 Å². The van der Waals surface area contributed by atoms with E-state index in [1.807, 2.05) is 0 Å². The number of hydrogen-bond acceptors (Lipinski definition) is 4. The fourth-order valence-electron chi connectivity index (χ4n) is 1.50. The molecule has 0 aliphatic carbocycles. The lowest BCUT2D eigenvalue weighted by molar-refractivity contribution is -0.384. The number of nitrogens with zero attached hydrogens (tertiary/aromatic N) is 1. The lowest BCUT2D eigenvalue weighted by Gasteiger charge is -2.06. The first-order chi connectivity index (χ1) is 9.88. The van der Waals surface area contributed by atoms with Crippen LogP contribution < -0.4 is 4.74 Å². The summed E-state index contributed by atoms with van der Waals surface area (Å²) >= 11 is 17.3. The van der Waals surface area contributed by atoms with E-state index in [0.717, 1.165) is 6.07 Å². The molecule has 0 spiro atoms. The van der Waals surface area contributed by atoms with Crippen LogP contribution in [-0.2, 0) is 0 Å². The minimum absolute atomic E-state index is 0.0166. The molecule has 0 aliphatic heterocycles. The molecule has 0 atom stereocenters. The van der Waals surface area contributed by atoms with E-state index in [-0.39, 0.29) is 27.0 Å². The van der Waals surface area contributed by atoms with Crippen molar-refractivity contribution in [2.24, 2.45) is 0 Å². The molecule has 0 aliphatic rings. The molecular formula is C13H6Cl3NO4. The molecule has 0 aromatic heterocycles. The summed E-state index contributed by atoms with van der Waals surface area (Å²) in [7, 11) is 0. The number of esters is 1. The number of benzene rings is 2. The topological polar surface area (TPSA) is 69.4 Å². The molecule has 2 aromatic carbocycles. The Hall–Kier alpha value is -1.82. The van der Waals surface area contributed by atoms with E-state index in [4.69, 9.17) is 39.5 Å². The molecule has 0 amide bonds. The molecule has 0 N–H and O–H groups in total. The van der Waals surface area contributed by atoms with Gasteiger partial charge in [0.15, 0.2) is 0 Å². The van der Waals surface area contributed by atoms with Gasteiger partial charge in [-0.25, -0.2) is 4.79 Å². The zero-order valence-electron chi connectivity index (χ0n) is 10.2. The molecule has 8 heteroatoms. The van der Waals surface area contributed by atoms with Crippen molar-refractivity contribution >= 4 is 46.5 Å². The van der Waals surface area contributed by atoms with Gasteiger partial charge < -0.3 is 4.74 Å². The van der Waals surface area contributed by atoms with Gasteiger partial charge in [-0.15, -0.1) is 0 Å². The lowest BCUT2D eigenvalue weighted by Crippen LogP contribution is -2.09. The minimum Gasteiger partial charge on any atom is -0.421 e. The van der Waals surface area contributed by atoms with Gasteiger partial charge in [-0.3, -0.25) is 10.1 Å². The highest BCUT2D eigenvalue weighted by molar-refractivity contribution is 6.35. The van der Waals surface area contributed by atoms with Crippen LogP contribution in [0.2, 0.25) is 15.1 Å². The van der Waals surface area contributed by atoms with Crippen molar-refractivity contribution in [2.75, 3.05) is 0 Å². The van der Waals surface area contributed by atoms with Gasteiger partial charge in [0.1, 0.15) is 10.8 Å². The van der Waals surface area contributed by atoms with Crippen molar-refractivity contribution in [3.63, 3.8) is 0 Å². The van der Waals surface area contributed by atoms with Gasteiger partial charge in [-0.2, -0.15) is 0 Å². The van der Waals surface area contributed by atoms with Gasteiger partial charge in [0.2, 0.25) is 0 Å². The molecule has 5 nitrogen and oxygen atoms in total. The van der Waals surface area contributed by atoms with Crippen LogP contribution in [0.3, 0.4) is 0 Å². The van der Waals surface area contributed by atoms with Crippen LogP contribution in [0.4, 0.5) is 5.69 Å². The average molecular weight is 347 g/mol. The van der Waals surface area contributed by atoms with E-state index < -0.39 is 10.9 Å². The van der Waals surface area contributed by atoms with Crippen molar-refractivity contribution in [1.29, 1.82) is 0 Å². The molecule has 21 heavy (non-hydrogen) atoms. The third-order valence-electron chi connectivity index (χ3n) is 2.48. The number of nitro groups is 1. The Morgan fingerprint density at radius 2 is 1.76 bits per heavy atom. The predicted molar refractivity (Wildman–Crippen MR) is 79.5 cm³/mol. The highest BCUT2D eigenvalue weighted by atomic mass is 35.5. The van der Waals surface area contributed by atoms with Gasteiger partial charge in [0, 0.05) is 11.1 Å². The van der Waals surface area contributed by atoms with E-state index >= 15 is 0 Å². The Morgan fingerprint density at radius 3 is 2.38 bits per heavy atom. The van der Waals surface area contributed by atoms with Crippen LogP contribution in [0, 0.1) is 10.1 Å². The largest absolute Gasteiger partial charge is 0.421 e. The van der Waals surface area contributed by atoms with E-state index in [2.05, 4.69) is 0 Å². The predicted octanol–water partition coefficient (Wildman–Crippen LogP) is 4.77. The minimum atomic E-state index is -0.793. The Labute approximate surface area is 134 Å².